The molecule has 0 fully saturated rings. The van der Waals surface area contributed by atoms with Gasteiger partial charge in [0.05, 0.1) is 22.2 Å². The lowest BCUT2D eigenvalue weighted by molar-refractivity contribution is 0.0761. The molecule has 0 aliphatic heterocycles. The van der Waals surface area contributed by atoms with Gasteiger partial charge in [0.15, 0.2) is 0 Å². The Labute approximate surface area is 136 Å². The number of ether oxygens (including phenoxy) is 1. The standard InChI is InChI=1S/C13H15BrCl2N2O2/c1-6-10(15)11(16)12(17-6)13(19)18-8-4-3-7(14)5-9(8)20-2/h5,8-9,17H,3-4H2,1-2H3,(H,18,19). The average Bonchev–Trinajstić information content (AvgIpc) is 2.68. The molecule has 0 spiro atoms. The van der Waals surface area contributed by atoms with Gasteiger partial charge in [-0.05, 0) is 30.3 Å². The van der Waals surface area contributed by atoms with Gasteiger partial charge in [-0.3, -0.25) is 4.79 Å². The monoisotopic (exact) mass is 380 g/mol. The Morgan fingerprint density at radius 1 is 1.50 bits per heavy atom. The van der Waals surface area contributed by atoms with Crippen LogP contribution in [0.4, 0.5) is 0 Å². The first-order chi connectivity index (χ1) is 9.43. The molecule has 0 aromatic carbocycles. The summed E-state index contributed by atoms with van der Waals surface area (Å²) in [6, 6.07) is -0.0905. The van der Waals surface area contributed by atoms with E-state index >= 15 is 0 Å². The molecule has 2 atom stereocenters. The van der Waals surface area contributed by atoms with Gasteiger partial charge in [0.25, 0.3) is 5.91 Å². The quantitative estimate of drug-likeness (QED) is 0.836. The Morgan fingerprint density at radius 3 is 2.75 bits per heavy atom. The maximum Gasteiger partial charge on any atom is 0.269 e. The van der Waals surface area contributed by atoms with Crippen LogP contribution in [0.3, 0.4) is 0 Å². The van der Waals surface area contributed by atoms with E-state index in [1.165, 1.54) is 0 Å². The summed E-state index contributed by atoms with van der Waals surface area (Å²) >= 11 is 15.5. The zero-order chi connectivity index (χ0) is 14.9. The number of aromatic nitrogens is 1. The molecule has 7 heteroatoms. The number of methoxy groups -OCH3 is 1. The Kier molecular flexibility index (Phi) is 5.18. The molecule has 2 N–H and O–H groups in total. The van der Waals surface area contributed by atoms with E-state index in [4.69, 9.17) is 27.9 Å². The number of H-pyrrole nitrogens is 1. The Bertz CT molecular complexity index is 557. The first-order valence-electron chi connectivity index (χ1n) is 6.17. The third kappa shape index (κ3) is 3.22. The smallest absolute Gasteiger partial charge is 0.269 e. The number of aryl methyl sites for hydroxylation is 1. The van der Waals surface area contributed by atoms with Crippen molar-refractivity contribution in [2.24, 2.45) is 0 Å². The van der Waals surface area contributed by atoms with Crippen molar-refractivity contribution in [3.63, 3.8) is 0 Å². The second-order valence-corrected chi connectivity index (χ2v) is 6.46. The molecular formula is C13H15BrCl2N2O2. The van der Waals surface area contributed by atoms with E-state index in [2.05, 4.69) is 26.2 Å². The summed E-state index contributed by atoms with van der Waals surface area (Å²) in [5.74, 6) is -0.275. The summed E-state index contributed by atoms with van der Waals surface area (Å²) in [6.45, 7) is 1.77. The molecule has 0 radical (unpaired) electrons. The topological polar surface area (TPSA) is 54.1 Å². The molecule has 1 amide bonds. The fourth-order valence-electron chi connectivity index (χ4n) is 2.19. The lowest BCUT2D eigenvalue weighted by Gasteiger charge is -2.28. The molecule has 20 heavy (non-hydrogen) atoms. The van der Waals surface area contributed by atoms with Gasteiger partial charge in [0.1, 0.15) is 5.69 Å². The molecule has 2 unspecified atom stereocenters. The highest BCUT2D eigenvalue weighted by Crippen LogP contribution is 2.30. The van der Waals surface area contributed by atoms with Crippen LogP contribution in [0, 0.1) is 6.92 Å². The maximum atomic E-state index is 12.3. The second-order valence-electron chi connectivity index (χ2n) is 4.69. The van der Waals surface area contributed by atoms with Crippen molar-refractivity contribution in [1.82, 2.24) is 10.3 Å². The highest BCUT2D eigenvalue weighted by atomic mass is 79.9. The molecule has 0 saturated heterocycles. The van der Waals surface area contributed by atoms with E-state index in [0.717, 1.165) is 17.3 Å². The molecule has 1 aromatic heterocycles. The number of aromatic amines is 1. The van der Waals surface area contributed by atoms with Crippen molar-refractivity contribution in [1.29, 1.82) is 0 Å². The fourth-order valence-corrected chi connectivity index (χ4v) is 3.10. The number of nitrogens with one attached hydrogen (secondary N) is 2. The van der Waals surface area contributed by atoms with Crippen LogP contribution < -0.4 is 5.32 Å². The maximum absolute atomic E-state index is 12.3. The molecule has 1 aliphatic carbocycles. The summed E-state index contributed by atoms with van der Waals surface area (Å²) in [7, 11) is 1.62. The van der Waals surface area contributed by atoms with Gasteiger partial charge in [0, 0.05) is 12.8 Å². The Hall–Kier alpha value is -0.490. The largest absolute Gasteiger partial charge is 0.375 e. The number of allylic oxidation sites excluding steroid dienone is 1. The summed E-state index contributed by atoms with van der Waals surface area (Å²) in [5.41, 5.74) is 0.967. The number of carbonyl (C=O) groups excluding carboxylic acids is 1. The number of rotatable bonds is 3. The van der Waals surface area contributed by atoms with E-state index < -0.39 is 0 Å². The minimum Gasteiger partial charge on any atom is -0.375 e. The van der Waals surface area contributed by atoms with Gasteiger partial charge >= 0.3 is 0 Å². The van der Waals surface area contributed by atoms with Crippen molar-refractivity contribution in [3.8, 4) is 0 Å². The molecule has 1 heterocycles. The lowest BCUT2D eigenvalue weighted by Crippen LogP contribution is -2.45. The zero-order valence-corrected chi connectivity index (χ0v) is 14.2. The van der Waals surface area contributed by atoms with Crippen LogP contribution in [0.1, 0.15) is 29.0 Å². The van der Waals surface area contributed by atoms with Crippen molar-refractivity contribution >= 4 is 45.0 Å². The molecule has 4 nitrogen and oxygen atoms in total. The van der Waals surface area contributed by atoms with Gasteiger partial charge in [-0.25, -0.2) is 0 Å². The number of halogens is 3. The fraction of sp³-hybridized carbons (Fsp3) is 0.462. The summed E-state index contributed by atoms with van der Waals surface area (Å²) in [5, 5.41) is 3.57. The van der Waals surface area contributed by atoms with Crippen molar-refractivity contribution < 1.29 is 9.53 Å². The van der Waals surface area contributed by atoms with E-state index in [-0.39, 0.29) is 28.8 Å². The highest BCUT2D eigenvalue weighted by Gasteiger charge is 2.27. The van der Waals surface area contributed by atoms with Crippen LogP contribution in [0.25, 0.3) is 0 Å². The Morgan fingerprint density at radius 2 is 2.20 bits per heavy atom. The third-order valence-corrected chi connectivity index (χ3v) is 4.91. The predicted octanol–water partition coefficient (Wildman–Crippen LogP) is 3.82. The van der Waals surface area contributed by atoms with Gasteiger partial charge in [-0.15, -0.1) is 0 Å². The van der Waals surface area contributed by atoms with Crippen molar-refractivity contribution in [3.05, 3.63) is 32.0 Å². The summed E-state index contributed by atoms with van der Waals surface area (Å²) < 4.78 is 6.47. The number of amides is 1. The minimum atomic E-state index is -0.275. The number of carbonyl (C=O) groups is 1. The highest BCUT2D eigenvalue weighted by molar-refractivity contribution is 9.11. The van der Waals surface area contributed by atoms with Crippen molar-refractivity contribution in [2.45, 2.75) is 31.9 Å². The molecule has 2 rings (SSSR count). The summed E-state index contributed by atoms with van der Waals surface area (Å²) in [4.78, 5) is 15.2. The van der Waals surface area contributed by atoms with Gasteiger partial charge in [0.2, 0.25) is 0 Å². The van der Waals surface area contributed by atoms with Crippen LogP contribution in [-0.4, -0.2) is 30.1 Å². The van der Waals surface area contributed by atoms with Crippen LogP contribution in [0.2, 0.25) is 10.0 Å². The van der Waals surface area contributed by atoms with Crippen LogP contribution in [0.15, 0.2) is 10.6 Å². The number of hydrogen-bond acceptors (Lipinski definition) is 2. The molecule has 0 saturated carbocycles. The van der Waals surface area contributed by atoms with E-state index in [1.807, 2.05) is 6.08 Å². The molecular weight excluding hydrogens is 367 g/mol. The lowest BCUT2D eigenvalue weighted by atomic mass is 9.98. The van der Waals surface area contributed by atoms with Crippen molar-refractivity contribution in [2.75, 3.05) is 7.11 Å². The molecule has 0 bridgehead atoms. The van der Waals surface area contributed by atoms with E-state index in [0.29, 0.717) is 10.7 Å². The molecule has 1 aromatic rings. The van der Waals surface area contributed by atoms with Gasteiger partial charge in [-0.2, -0.15) is 0 Å². The minimum absolute atomic E-state index is 0.0905. The van der Waals surface area contributed by atoms with Gasteiger partial charge in [-0.1, -0.05) is 39.1 Å². The third-order valence-electron chi connectivity index (χ3n) is 3.31. The van der Waals surface area contributed by atoms with Crippen LogP contribution in [-0.2, 0) is 4.74 Å². The van der Waals surface area contributed by atoms with E-state index in [9.17, 15) is 4.79 Å². The second kappa shape index (κ2) is 6.52. The predicted molar refractivity (Wildman–Crippen MR) is 83.8 cm³/mol. The SMILES string of the molecule is COC1C=C(Br)CCC1NC(=O)c1[nH]c(C)c(Cl)c1Cl. The first-order valence-corrected chi connectivity index (χ1v) is 7.72. The first kappa shape index (κ1) is 15.9. The number of hydrogen-bond donors (Lipinski definition) is 2. The molecule has 1 aliphatic rings. The van der Waals surface area contributed by atoms with Gasteiger partial charge < -0.3 is 15.0 Å². The van der Waals surface area contributed by atoms with Crippen LogP contribution >= 0.6 is 39.1 Å². The zero-order valence-electron chi connectivity index (χ0n) is 11.1. The van der Waals surface area contributed by atoms with Crippen LogP contribution in [0.5, 0.6) is 0 Å². The average molecular weight is 382 g/mol. The van der Waals surface area contributed by atoms with E-state index in [1.54, 1.807) is 14.0 Å². The summed E-state index contributed by atoms with van der Waals surface area (Å²) in [6.07, 6.45) is 3.46. The Balaban J connectivity index is 2.13. The molecule has 110 valence electrons. The normalized spacial score (nSPS) is 22.6.